The lowest BCUT2D eigenvalue weighted by atomic mass is 9.58. The highest BCUT2D eigenvalue weighted by atomic mass is 16.5. The minimum Gasteiger partial charge on any atom is -0.508 e. The number of ether oxygens (including phenoxy) is 2. The number of benzene rings is 2. The van der Waals surface area contributed by atoms with Crippen molar-refractivity contribution in [2.45, 2.75) is 45.0 Å². The van der Waals surface area contributed by atoms with Gasteiger partial charge in [-0.05, 0) is 78.9 Å². The molecule has 2 heterocycles. The van der Waals surface area contributed by atoms with Gasteiger partial charge in [0.1, 0.15) is 18.1 Å². The number of hydrogen-bond donors (Lipinski definition) is 2. The Morgan fingerprint density at radius 1 is 1.10 bits per heavy atom. The van der Waals surface area contributed by atoms with E-state index in [0.717, 1.165) is 35.8 Å². The van der Waals surface area contributed by atoms with Crippen molar-refractivity contribution in [1.82, 2.24) is 4.90 Å². The average Bonchev–Trinajstić information content (AvgIpc) is 3.23. The van der Waals surface area contributed by atoms with E-state index in [1.165, 1.54) is 0 Å². The molecule has 0 saturated carbocycles. The number of allylic oxidation sites excluding steroid dienone is 1. The summed E-state index contributed by atoms with van der Waals surface area (Å²) in [6.45, 7) is 2.26. The molecule has 0 radical (unpaired) electrons. The lowest BCUT2D eigenvalue weighted by molar-refractivity contribution is -0.137. The molecule has 0 aromatic heterocycles. The average molecular weight is 559 g/mol. The van der Waals surface area contributed by atoms with Gasteiger partial charge in [0.25, 0.3) is 0 Å². The zero-order valence-electron chi connectivity index (χ0n) is 23.2. The van der Waals surface area contributed by atoms with Crippen molar-refractivity contribution < 1.29 is 38.6 Å². The predicted octanol–water partition coefficient (Wildman–Crippen LogP) is 4.61. The van der Waals surface area contributed by atoms with Gasteiger partial charge >= 0.3 is 13.2 Å². The van der Waals surface area contributed by atoms with Crippen LogP contribution < -0.4 is 4.74 Å². The molecule has 2 aliphatic heterocycles. The maximum absolute atomic E-state index is 13.4. The maximum Gasteiger partial charge on any atom is 0.455 e. The molecule has 2 aromatic carbocycles. The van der Waals surface area contributed by atoms with Crippen LogP contribution in [0.1, 0.15) is 38.2 Å². The predicted molar refractivity (Wildman–Crippen MR) is 152 cm³/mol. The first-order valence-electron chi connectivity index (χ1n) is 14.0. The Hall–Kier alpha value is -3.89. The van der Waals surface area contributed by atoms with Gasteiger partial charge in [-0.25, -0.2) is 4.79 Å². The lowest BCUT2D eigenvalue weighted by Gasteiger charge is -2.43. The Labute approximate surface area is 239 Å². The number of phenolic OH excluding ortho intramolecular Hbond substituents is 1. The van der Waals surface area contributed by atoms with Crippen LogP contribution in [0.5, 0.6) is 11.5 Å². The molecule has 0 bridgehead atoms. The third-order valence-electron chi connectivity index (χ3n) is 8.27. The lowest BCUT2D eigenvalue weighted by Crippen LogP contribution is -2.46. The number of methoxy groups -OCH3 is 1. The molecule has 3 aliphatic rings. The number of phenols is 1. The zero-order chi connectivity index (χ0) is 29.1. The fourth-order valence-corrected chi connectivity index (χ4v) is 6.33. The number of para-hydroxylation sites is 1. The van der Waals surface area contributed by atoms with Crippen LogP contribution >= 0.6 is 0 Å². The minimum absolute atomic E-state index is 0.139. The molecule has 5 rings (SSSR count). The molecule has 9 nitrogen and oxygen atoms in total. The van der Waals surface area contributed by atoms with Crippen molar-refractivity contribution >= 4 is 31.1 Å². The van der Waals surface area contributed by atoms with E-state index in [1.807, 2.05) is 42.5 Å². The van der Waals surface area contributed by atoms with Crippen molar-refractivity contribution in [2.75, 3.05) is 13.7 Å². The molecule has 0 spiro atoms. The summed E-state index contributed by atoms with van der Waals surface area (Å²) >= 11 is 0. The number of fused-ring (bicyclic) bond motifs is 3. The van der Waals surface area contributed by atoms with E-state index in [4.69, 9.17) is 14.1 Å². The van der Waals surface area contributed by atoms with Crippen molar-refractivity contribution in [3.8, 4) is 11.5 Å². The molecule has 0 unspecified atom stereocenters. The van der Waals surface area contributed by atoms with Gasteiger partial charge in [-0.15, -0.1) is 0 Å². The highest BCUT2D eigenvalue weighted by molar-refractivity contribution is 6.43. The molecule has 2 fully saturated rings. The fourth-order valence-electron chi connectivity index (χ4n) is 6.33. The van der Waals surface area contributed by atoms with E-state index in [2.05, 4.69) is 13.0 Å². The second-order valence-corrected chi connectivity index (χ2v) is 10.7. The number of imide groups is 3. The van der Waals surface area contributed by atoms with E-state index in [1.54, 1.807) is 12.1 Å². The van der Waals surface area contributed by atoms with Gasteiger partial charge in [0, 0.05) is 0 Å². The molecule has 214 valence electrons. The first-order valence-corrected chi connectivity index (χ1v) is 14.0. The summed E-state index contributed by atoms with van der Waals surface area (Å²) in [4.78, 5) is 39.7. The van der Waals surface area contributed by atoms with Crippen LogP contribution in [0.4, 0.5) is 4.79 Å². The molecule has 3 amide bonds. The smallest absolute Gasteiger partial charge is 0.455 e. The van der Waals surface area contributed by atoms with E-state index < -0.39 is 48.9 Å². The fraction of sp³-hybridized carbons (Fsp3) is 0.387. The molecule has 1 aliphatic carbocycles. The van der Waals surface area contributed by atoms with Crippen molar-refractivity contribution in [3.05, 3.63) is 76.9 Å². The second kappa shape index (κ2) is 12.3. The first-order chi connectivity index (χ1) is 19.8. The Morgan fingerprint density at radius 2 is 1.83 bits per heavy atom. The van der Waals surface area contributed by atoms with E-state index in [0.29, 0.717) is 23.5 Å². The summed E-state index contributed by atoms with van der Waals surface area (Å²) in [7, 11) is 0.0175. The summed E-state index contributed by atoms with van der Waals surface area (Å²) in [6.07, 6.45) is 3.00. The summed E-state index contributed by atoms with van der Waals surface area (Å²) in [5.74, 6) is -2.30. The Kier molecular flexibility index (Phi) is 8.61. The van der Waals surface area contributed by atoms with Crippen molar-refractivity contribution in [2.24, 2.45) is 17.8 Å². The molecule has 2 N–H and O–H groups in total. The van der Waals surface area contributed by atoms with Crippen LogP contribution in [-0.4, -0.2) is 59.9 Å². The second-order valence-electron chi connectivity index (χ2n) is 10.7. The molecule has 2 aromatic rings. The third kappa shape index (κ3) is 5.94. The molecule has 41 heavy (non-hydrogen) atoms. The third-order valence-corrected chi connectivity index (χ3v) is 8.27. The monoisotopic (exact) mass is 559 g/mol. The maximum atomic E-state index is 13.4. The Bertz CT molecular complexity index is 1360. The topological polar surface area (TPSA) is 123 Å². The van der Waals surface area contributed by atoms with Crippen LogP contribution in [0.15, 0.2) is 71.3 Å². The Balaban J connectivity index is 1.46. The minimum atomic E-state index is -1.12. The SMILES string of the molecule is CC/C(=C\c1ccc(O)cc1)CC[C@H]1OB(O)C[C@H]2C1=C(COc1ccccc1)C[C@H]1C(=O)N(C(=O)OC)C(=O)[C@H]12. The van der Waals surface area contributed by atoms with E-state index >= 15 is 0 Å². The number of nitrogens with zero attached hydrogens (tertiary/aromatic N) is 1. The quantitative estimate of drug-likeness (QED) is 0.273. The number of aromatic hydroxyl groups is 1. The number of carbonyl (C=O) groups is 3. The largest absolute Gasteiger partial charge is 0.508 e. The molecular weight excluding hydrogens is 525 g/mol. The normalized spacial score (nSPS) is 24.3. The number of amides is 3. The van der Waals surface area contributed by atoms with Gasteiger partial charge < -0.3 is 24.3 Å². The van der Waals surface area contributed by atoms with Gasteiger partial charge in [0.05, 0.1) is 25.0 Å². The summed E-state index contributed by atoms with van der Waals surface area (Å²) in [6, 6.07) is 16.3. The van der Waals surface area contributed by atoms with Crippen LogP contribution in [0.2, 0.25) is 6.32 Å². The van der Waals surface area contributed by atoms with Crippen LogP contribution in [0, 0.1) is 17.8 Å². The number of carbonyl (C=O) groups excluding carboxylic acids is 3. The van der Waals surface area contributed by atoms with Crippen molar-refractivity contribution in [3.63, 3.8) is 0 Å². The highest BCUT2D eigenvalue weighted by Gasteiger charge is 2.59. The summed E-state index contributed by atoms with van der Waals surface area (Å²) < 4.78 is 16.9. The number of hydrogen-bond acceptors (Lipinski definition) is 8. The van der Waals surface area contributed by atoms with Gasteiger partial charge in [0.2, 0.25) is 11.8 Å². The standard InChI is InChI=1S/C31H34BNO8/c1-3-19(15-20-9-12-22(34)13-10-20)11-14-26-27-21(18-40-23-7-5-4-6-8-23)16-24-28(25(27)17-32(38)41-26)30(36)33(29(24)35)31(37)39-2/h4-10,12-13,15,24-26,28,34,38H,3,11,14,16-18H2,1-2H3/b19-15+/t24-,25+,26-,28-/m1/s1. The van der Waals surface area contributed by atoms with Gasteiger partial charge in [-0.3, -0.25) is 9.59 Å². The van der Waals surface area contributed by atoms with E-state index in [9.17, 15) is 24.5 Å². The van der Waals surface area contributed by atoms with Crippen molar-refractivity contribution in [1.29, 1.82) is 0 Å². The molecular formula is C31H34BNO8. The first kappa shape index (κ1) is 28.6. The molecule has 2 saturated heterocycles. The van der Waals surface area contributed by atoms with Crippen LogP contribution in [0.25, 0.3) is 6.08 Å². The van der Waals surface area contributed by atoms with Crippen LogP contribution in [-0.2, 0) is 19.0 Å². The number of likely N-dealkylation sites (tertiary alicyclic amines) is 1. The summed E-state index contributed by atoms with van der Waals surface area (Å²) in [5.41, 5.74) is 3.86. The van der Waals surface area contributed by atoms with Gasteiger partial charge in [0.15, 0.2) is 0 Å². The van der Waals surface area contributed by atoms with E-state index in [-0.39, 0.29) is 25.1 Å². The van der Waals surface area contributed by atoms with Crippen LogP contribution in [0.3, 0.4) is 0 Å². The van der Waals surface area contributed by atoms with Gasteiger partial charge in [-0.2, -0.15) is 4.90 Å². The Morgan fingerprint density at radius 3 is 2.51 bits per heavy atom. The zero-order valence-corrected chi connectivity index (χ0v) is 23.2. The molecule has 10 heteroatoms. The summed E-state index contributed by atoms with van der Waals surface area (Å²) in [5, 5.41) is 20.4. The van der Waals surface area contributed by atoms with Gasteiger partial charge in [-0.1, -0.05) is 48.9 Å². The molecule has 4 atom stereocenters. The highest BCUT2D eigenvalue weighted by Crippen LogP contribution is 2.50. The number of rotatable bonds is 8.